The second-order valence-electron chi connectivity index (χ2n) is 9.48. The summed E-state index contributed by atoms with van der Waals surface area (Å²) in [6, 6.07) is 8.30. The molecule has 6 heteroatoms. The van der Waals surface area contributed by atoms with E-state index in [1.54, 1.807) is 7.11 Å². The molecule has 1 saturated heterocycles. The zero-order chi connectivity index (χ0) is 20.1. The van der Waals surface area contributed by atoms with Gasteiger partial charge >= 0.3 is 0 Å². The fourth-order valence-corrected chi connectivity index (χ4v) is 5.36. The first-order chi connectivity index (χ1) is 13.4. The van der Waals surface area contributed by atoms with Crippen molar-refractivity contribution in [3.05, 3.63) is 24.3 Å². The number of nitrogens with zero attached hydrogens (tertiary/aromatic N) is 2. The number of hydrogen-bond acceptors (Lipinski definition) is 5. The van der Waals surface area contributed by atoms with E-state index in [0.717, 1.165) is 51.0 Å². The molecule has 0 spiro atoms. The van der Waals surface area contributed by atoms with Gasteiger partial charge < -0.3 is 14.4 Å². The fraction of sp³-hybridized carbons (Fsp3) is 0.739. The van der Waals surface area contributed by atoms with Crippen molar-refractivity contribution in [2.24, 2.45) is 11.3 Å². The van der Waals surface area contributed by atoms with Gasteiger partial charge in [0.1, 0.15) is 5.75 Å². The van der Waals surface area contributed by atoms with Crippen molar-refractivity contribution in [3.63, 3.8) is 0 Å². The molecule has 3 rings (SSSR count). The summed E-state index contributed by atoms with van der Waals surface area (Å²) in [5.41, 5.74) is 1.60. The van der Waals surface area contributed by atoms with Gasteiger partial charge in [-0.15, -0.1) is 12.4 Å². The van der Waals surface area contributed by atoms with Crippen molar-refractivity contribution < 1.29 is 9.47 Å². The molecule has 0 aromatic heterocycles. The quantitative estimate of drug-likeness (QED) is 0.615. The lowest BCUT2D eigenvalue weighted by Gasteiger charge is -2.39. The first-order valence-corrected chi connectivity index (χ1v) is 11.3. The highest BCUT2D eigenvalue weighted by Crippen LogP contribution is 2.39. The molecular weight excluding hydrogens is 404 g/mol. The van der Waals surface area contributed by atoms with Crippen molar-refractivity contribution in [2.45, 2.75) is 51.4 Å². The molecule has 1 aromatic carbocycles. The molecule has 0 N–H and O–H groups in total. The van der Waals surface area contributed by atoms with Crippen LogP contribution in [0.4, 0.5) is 5.69 Å². The Labute approximate surface area is 189 Å². The van der Waals surface area contributed by atoms with Gasteiger partial charge in [0.25, 0.3) is 0 Å². The van der Waals surface area contributed by atoms with Gasteiger partial charge in [-0.2, -0.15) is 12.6 Å². The topological polar surface area (TPSA) is 24.9 Å². The summed E-state index contributed by atoms with van der Waals surface area (Å²) in [4.78, 5) is 4.94. The lowest BCUT2D eigenvalue weighted by molar-refractivity contribution is -0.0237. The van der Waals surface area contributed by atoms with Crippen LogP contribution in [0.5, 0.6) is 5.75 Å². The number of ether oxygens (including phenoxy) is 2. The van der Waals surface area contributed by atoms with E-state index < -0.39 is 0 Å². The number of halogens is 1. The SMILES string of the molecule is COc1ccccc1N1CCN(CC(S)COC2CC(C)CC(C)(C)C2)CC1.Cl. The number of rotatable bonds is 7. The molecule has 166 valence electrons. The predicted molar refractivity (Wildman–Crippen MR) is 128 cm³/mol. The molecule has 0 amide bonds. The summed E-state index contributed by atoms with van der Waals surface area (Å²) in [7, 11) is 1.74. The smallest absolute Gasteiger partial charge is 0.142 e. The third-order valence-electron chi connectivity index (χ3n) is 6.14. The molecule has 1 heterocycles. The number of thiol groups is 1. The van der Waals surface area contributed by atoms with Gasteiger partial charge in [0.2, 0.25) is 0 Å². The van der Waals surface area contributed by atoms with Crippen molar-refractivity contribution in [1.82, 2.24) is 4.90 Å². The molecule has 0 bridgehead atoms. The fourth-order valence-electron chi connectivity index (χ4n) is 5.05. The van der Waals surface area contributed by atoms with Crippen LogP contribution in [0.3, 0.4) is 0 Å². The standard InChI is InChI=1S/C23H38N2O2S.ClH/c1-18-13-19(15-23(2,3)14-18)27-17-20(28)16-24-9-11-25(12-10-24)21-7-5-6-8-22(21)26-4;/h5-8,18-20,28H,9-17H2,1-4H3;1H. The first kappa shape index (κ1) is 24.6. The van der Waals surface area contributed by atoms with Gasteiger partial charge in [0.15, 0.2) is 0 Å². The minimum Gasteiger partial charge on any atom is -0.495 e. The van der Waals surface area contributed by atoms with E-state index in [0.29, 0.717) is 11.5 Å². The van der Waals surface area contributed by atoms with Gasteiger partial charge in [-0.05, 0) is 42.7 Å². The summed E-state index contributed by atoms with van der Waals surface area (Å²) >= 11 is 4.83. The predicted octanol–water partition coefficient (Wildman–Crippen LogP) is 4.77. The average molecular weight is 443 g/mol. The average Bonchev–Trinajstić information content (AvgIpc) is 2.65. The van der Waals surface area contributed by atoms with Crippen LogP contribution in [0.1, 0.15) is 40.0 Å². The zero-order valence-corrected chi connectivity index (χ0v) is 20.2. The van der Waals surface area contributed by atoms with E-state index in [-0.39, 0.29) is 17.7 Å². The third-order valence-corrected chi connectivity index (χ3v) is 6.45. The van der Waals surface area contributed by atoms with Gasteiger partial charge in [-0.25, -0.2) is 0 Å². The van der Waals surface area contributed by atoms with E-state index in [9.17, 15) is 0 Å². The molecule has 3 atom stereocenters. The Morgan fingerprint density at radius 1 is 1.14 bits per heavy atom. The molecule has 3 unspecified atom stereocenters. The number of anilines is 1. The molecule has 1 saturated carbocycles. The van der Waals surface area contributed by atoms with Crippen LogP contribution in [-0.2, 0) is 4.74 Å². The molecule has 1 aromatic rings. The van der Waals surface area contributed by atoms with E-state index in [4.69, 9.17) is 22.1 Å². The Hall–Kier alpha value is -0.620. The molecular formula is C23H39ClN2O2S. The maximum absolute atomic E-state index is 6.28. The third kappa shape index (κ3) is 7.23. The van der Waals surface area contributed by atoms with Crippen LogP contribution < -0.4 is 9.64 Å². The Balaban J connectivity index is 0.00000300. The molecule has 1 aliphatic heterocycles. The van der Waals surface area contributed by atoms with Gasteiger partial charge in [0.05, 0.1) is 25.5 Å². The summed E-state index contributed by atoms with van der Waals surface area (Å²) in [5.74, 6) is 1.72. The highest BCUT2D eigenvalue weighted by atomic mass is 35.5. The molecule has 29 heavy (non-hydrogen) atoms. The minimum absolute atomic E-state index is 0. The van der Waals surface area contributed by atoms with Crippen LogP contribution in [0.25, 0.3) is 0 Å². The summed E-state index contributed by atoms with van der Waals surface area (Å²) in [6.45, 7) is 13.0. The summed E-state index contributed by atoms with van der Waals surface area (Å²) < 4.78 is 11.8. The highest BCUT2D eigenvalue weighted by molar-refractivity contribution is 7.81. The minimum atomic E-state index is 0. The maximum Gasteiger partial charge on any atom is 0.142 e. The highest BCUT2D eigenvalue weighted by Gasteiger charge is 2.32. The lowest BCUT2D eigenvalue weighted by Crippen LogP contribution is -2.48. The Bertz CT molecular complexity index is 623. The second kappa shape index (κ2) is 11.1. The number of hydrogen-bond donors (Lipinski definition) is 1. The van der Waals surface area contributed by atoms with Crippen LogP contribution in [0.15, 0.2) is 24.3 Å². The molecule has 4 nitrogen and oxygen atoms in total. The van der Waals surface area contributed by atoms with Gasteiger partial charge in [-0.3, -0.25) is 4.90 Å². The van der Waals surface area contributed by atoms with E-state index in [1.807, 2.05) is 12.1 Å². The van der Waals surface area contributed by atoms with Crippen molar-refractivity contribution in [1.29, 1.82) is 0 Å². The maximum atomic E-state index is 6.28. The second-order valence-corrected chi connectivity index (χ2v) is 10.2. The monoisotopic (exact) mass is 442 g/mol. The van der Waals surface area contributed by atoms with E-state index >= 15 is 0 Å². The lowest BCUT2D eigenvalue weighted by atomic mass is 9.71. The zero-order valence-electron chi connectivity index (χ0n) is 18.5. The molecule has 2 aliphatic rings. The van der Waals surface area contributed by atoms with Crippen molar-refractivity contribution >= 4 is 30.7 Å². The van der Waals surface area contributed by atoms with Crippen LogP contribution in [0, 0.1) is 11.3 Å². The number of piperazine rings is 1. The first-order valence-electron chi connectivity index (χ1n) is 10.8. The summed E-state index contributed by atoms with van der Waals surface area (Å²) in [5, 5.41) is 0.276. The van der Waals surface area contributed by atoms with E-state index in [1.165, 1.54) is 24.9 Å². The van der Waals surface area contributed by atoms with Crippen LogP contribution >= 0.6 is 25.0 Å². The number of methoxy groups -OCH3 is 1. The Kier molecular flexibility index (Phi) is 9.46. The Morgan fingerprint density at radius 2 is 1.83 bits per heavy atom. The van der Waals surface area contributed by atoms with Crippen LogP contribution in [0.2, 0.25) is 0 Å². The van der Waals surface area contributed by atoms with Crippen molar-refractivity contribution in [2.75, 3.05) is 51.3 Å². The van der Waals surface area contributed by atoms with Crippen LogP contribution in [-0.4, -0.2) is 62.7 Å². The largest absolute Gasteiger partial charge is 0.495 e. The summed E-state index contributed by atoms with van der Waals surface area (Å²) in [6.07, 6.45) is 4.08. The van der Waals surface area contributed by atoms with Crippen molar-refractivity contribution in [3.8, 4) is 5.75 Å². The normalized spacial score (nSPS) is 25.9. The van der Waals surface area contributed by atoms with E-state index in [2.05, 4.69) is 42.7 Å². The van der Waals surface area contributed by atoms with Gasteiger partial charge in [-0.1, -0.05) is 32.9 Å². The number of para-hydroxylation sites is 2. The van der Waals surface area contributed by atoms with Gasteiger partial charge in [0, 0.05) is 38.0 Å². The molecule has 0 radical (unpaired) electrons. The molecule has 2 fully saturated rings. The molecule has 1 aliphatic carbocycles. The Morgan fingerprint density at radius 3 is 2.48 bits per heavy atom. The number of benzene rings is 1.